The Balaban J connectivity index is 3.32. The Morgan fingerprint density at radius 2 is 2.14 bits per heavy atom. The van der Waals surface area contributed by atoms with Gasteiger partial charge in [-0.15, -0.1) is 0 Å². The zero-order chi connectivity index (χ0) is 10.9. The zero-order valence-electron chi connectivity index (χ0n) is 7.29. The van der Waals surface area contributed by atoms with E-state index in [1.807, 2.05) is 0 Å². The summed E-state index contributed by atoms with van der Waals surface area (Å²) in [4.78, 5) is 10.6. The number of benzene rings is 1. The van der Waals surface area contributed by atoms with Gasteiger partial charge in [0.2, 0.25) is 0 Å². The number of phenolic OH excluding ortho intramolecular Hbond substituents is 1. The Hall–Kier alpha value is -1.10. The first-order valence-corrected chi connectivity index (χ1v) is 4.64. The number of phenols is 1. The highest BCUT2D eigenvalue weighted by Crippen LogP contribution is 2.32. The monoisotopic (exact) mass is 262 g/mol. The Morgan fingerprint density at radius 3 is 2.64 bits per heavy atom. The van der Waals surface area contributed by atoms with Gasteiger partial charge in [-0.1, -0.05) is 0 Å². The fourth-order valence-electron chi connectivity index (χ4n) is 1.09. The van der Waals surface area contributed by atoms with Crippen LogP contribution in [0.5, 0.6) is 5.75 Å². The van der Waals surface area contributed by atoms with Crippen LogP contribution >= 0.6 is 15.9 Å². The molecular weight excluding hydrogens is 255 g/mol. The van der Waals surface area contributed by atoms with Crippen LogP contribution in [0.1, 0.15) is 18.4 Å². The number of carboxylic acids is 1. The third-order valence-electron chi connectivity index (χ3n) is 1.91. The second-order valence-corrected chi connectivity index (χ2v) is 3.71. The average Bonchev–Trinajstić information content (AvgIpc) is 2.12. The molecule has 1 unspecified atom stereocenters. The molecule has 0 aliphatic rings. The normalized spacial score (nSPS) is 12.5. The van der Waals surface area contributed by atoms with Gasteiger partial charge in [0.25, 0.3) is 0 Å². The van der Waals surface area contributed by atoms with E-state index in [4.69, 9.17) is 5.11 Å². The molecule has 0 saturated heterocycles. The molecule has 0 aliphatic heterocycles. The lowest BCUT2D eigenvalue weighted by Gasteiger charge is -2.10. The highest BCUT2D eigenvalue weighted by atomic mass is 79.9. The molecule has 0 saturated carbocycles. The fraction of sp³-hybridized carbons (Fsp3) is 0.222. The van der Waals surface area contributed by atoms with Gasteiger partial charge < -0.3 is 10.2 Å². The van der Waals surface area contributed by atoms with E-state index in [9.17, 15) is 14.3 Å². The maximum absolute atomic E-state index is 13.4. The minimum absolute atomic E-state index is 0.137. The fourth-order valence-corrected chi connectivity index (χ4v) is 1.44. The molecule has 0 spiro atoms. The van der Waals surface area contributed by atoms with E-state index in [1.54, 1.807) is 0 Å². The lowest BCUT2D eigenvalue weighted by Crippen LogP contribution is -2.09. The number of aliphatic carboxylic acids is 1. The van der Waals surface area contributed by atoms with Crippen molar-refractivity contribution in [3.63, 3.8) is 0 Å². The van der Waals surface area contributed by atoms with Gasteiger partial charge in [0.05, 0.1) is 10.4 Å². The molecule has 0 radical (unpaired) electrons. The van der Waals surface area contributed by atoms with Gasteiger partial charge in [-0.2, -0.15) is 0 Å². The summed E-state index contributed by atoms with van der Waals surface area (Å²) < 4.78 is 13.5. The van der Waals surface area contributed by atoms with Gasteiger partial charge in [0.1, 0.15) is 11.6 Å². The summed E-state index contributed by atoms with van der Waals surface area (Å²) >= 11 is 2.92. The van der Waals surface area contributed by atoms with Gasteiger partial charge in [0, 0.05) is 5.56 Å². The first-order chi connectivity index (χ1) is 6.45. The number of carboxylic acid groups (broad SMARTS) is 1. The summed E-state index contributed by atoms with van der Waals surface area (Å²) in [6.45, 7) is 1.31. The van der Waals surface area contributed by atoms with Crippen LogP contribution in [0.4, 0.5) is 4.39 Å². The van der Waals surface area contributed by atoms with E-state index in [0.717, 1.165) is 0 Å². The summed E-state index contributed by atoms with van der Waals surface area (Å²) in [7, 11) is 0. The van der Waals surface area contributed by atoms with Crippen molar-refractivity contribution in [1.29, 1.82) is 0 Å². The number of halogens is 2. The predicted octanol–water partition coefficient (Wildman–Crippen LogP) is 2.48. The maximum atomic E-state index is 13.4. The Morgan fingerprint density at radius 1 is 1.57 bits per heavy atom. The van der Waals surface area contributed by atoms with E-state index in [0.29, 0.717) is 0 Å². The van der Waals surface area contributed by atoms with Crippen molar-refractivity contribution in [2.24, 2.45) is 0 Å². The molecule has 2 N–H and O–H groups in total. The molecule has 3 nitrogen and oxygen atoms in total. The minimum atomic E-state index is -1.18. The SMILES string of the molecule is CC(C(=O)O)c1c(O)ccc(Br)c1F. The predicted molar refractivity (Wildman–Crippen MR) is 51.8 cm³/mol. The lowest BCUT2D eigenvalue weighted by molar-refractivity contribution is -0.138. The molecule has 0 amide bonds. The lowest BCUT2D eigenvalue weighted by atomic mass is 10.00. The first kappa shape index (κ1) is 11.0. The van der Waals surface area contributed by atoms with Gasteiger partial charge >= 0.3 is 5.97 Å². The molecule has 14 heavy (non-hydrogen) atoms. The van der Waals surface area contributed by atoms with Crippen molar-refractivity contribution in [3.8, 4) is 5.75 Å². The molecule has 0 fully saturated rings. The van der Waals surface area contributed by atoms with Crippen LogP contribution in [0.2, 0.25) is 0 Å². The second-order valence-electron chi connectivity index (χ2n) is 2.85. The van der Waals surface area contributed by atoms with E-state index < -0.39 is 17.7 Å². The number of hydrogen-bond acceptors (Lipinski definition) is 2. The second kappa shape index (κ2) is 3.96. The van der Waals surface area contributed by atoms with Crippen molar-refractivity contribution in [2.45, 2.75) is 12.8 Å². The Kier molecular flexibility index (Phi) is 3.10. The molecule has 1 aromatic rings. The largest absolute Gasteiger partial charge is 0.508 e. The molecule has 0 aliphatic carbocycles. The minimum Gasteiger partial charge on any atom is -0.508 e. The smallest absolute Gasteiger partial charge is 0.310 e. The summed E-state index contributed by atoms with van der Waals surface area (Å²) in [6, 6.07) is 2.57. The van der Waals surface area contributed by atoms with Gasteiger partial charge in [0.15, 0.2) is 0 Å². The quantitative estimate of drug-likeness (QED) is 0.861. The van der Waals surface area contributed by atoms with Crippen LogP contribution in [0, 0.1) is 5.82 Å². The summed E-state index contributed by atoms with van der Waals surface area (Å²) in [5.41, 5.74) is -0.202. The number of aromatic hydroxyl groups is 1. The maximum Gasteiger partial charge on any atom is 0.310 e. The molecule has 0 aromatic heterocycles. The summed E-state index contributed by atoms with van der Waals surface area (Å²) in [5, 5.41) is 18.0. The third-order valence-corrected chi connectivity index (χ3v) is 2.53. The highest BCUT2D eigenvalue weighted by Gasteiger charge is 2.23. The van der Waals surface area contributed by atoms with Crippen LogP contribution in [0.15, 0.2) is 16.6 Å². The van der Waals surface area contributed by atoms with Gasteiger partial charge in [-0.05, 0) is 35.0 Å². The van der Waals surface area contributed by atoms with E-state index >= 15 is 0 Å². The topological polar surface area (TPSA) is 57.5 Å². The zero-order valence-corrected chi connectivity index (χ0v) is 8.88. The molecule has 5 heteroatoms. The Labute approximate surface area is 88.3 Å². The number of hydrogen-bond donors (Lipinski definition) is 2. The van der Waals surface area contributed by atoms with Crippen molar-refractivity contribution >= 4 is 21.9 Å². The van der Waals surface area contributed by atoms with Crippen LogP contribution < -0.4 is 0 Å². The molecule has 0 heterocycles. The Bertz CT molecular complexity index is 379. The molecule has 76 valence electrons. The average molecular weight is 263 g/mol. The molecular formula is C9H8BrFO3. The third kappa shape index (κ3) is 1.87. The molecule has 1 rings (SSSR count). The van der Waals surface area contributed by atoms with E-state index in [1.165, 1.54) is 19.1 Å². The summed E-state index contributed by atoms with van der Waals surface area (Å²) in [5.74, 6) is -3.34. The molecule has 1 atom stereocenters. The molecule has 1 aromatic carbocycles. The highest BCUT2D eigenvalue weighted by molar-refractivity contribution is 9.10. The van der Waals surface area contributed by atoms with Crippen molar-refractivity contribution in [2.75, 3.05) is 0 Å². The number of carbonyl (C=O) groups is 1. The van der Waals surface area contributed by atoms with Crippen LogP contribution in [0.25, 0.3) is 0 Å². The van der Waals surface area contributed by atoms with Gasteiger partial charge in [-0.25, -0.2) is 4.39 Å². The van der Waals surface area contributed by atoms with E-state index in [2.05, 4.69) is 15.9 Å². The van der Waals surface area contributed by atoms with Crippen molar-refractivity contribution in [3.05, 3.63) is 28.0 Å². The van der Waals surface area contributed by atoms with Crippen LogP contribution in [0.3, 0.4) is 0 Å². The van der Waals surface area contributed by atoms with Crippen molar-refractivity contribution in [1.82, 2.24) is 0 Å². The summed E-state index contributed by atoms with van der Waals surface area (Å²) in [6.07, 6.45) is 0. The van der Waals surface area contributed by atoms with Gasteiger partial charge in [-0.3, -0.25) is 4.79 Å². The number of rotatable bonds is 2. The standard InChI is InChI=1S/C9H8BrFO3/c1-4(9(13)14)7-6(12)3-2-5(10)8(7)11/h2-4,12H,1H3,(H,13,14). The molecule has 0 bridgehead atoms. The van der Waals surface area contributed by atoms with E-state index in [-0.39, 0.29) is 15.8 Å². The van der Waals surface area contributed by atoms with Crippen LogP contribution in [-0.2, 0) is 4.79 Å². The van der Waals surface area contributed by atoms with Crippen LogP contribution in [-0.4, -0.2) is 16.2 Å². The van der Waals surface area contributed by atoms with Crippen molar-refractivity contribution < 1.29 is 19.4 Å². The first-order valence-electron chi connectivity index (χ1n) is 3.84.